The van der Waals surface area contributed by atoms with E-state index in [0.717, 1.165) is 19.2 Å². The van der Waals surface area contributed by atoms with Gasteiger partial charge in [-0.25, -0.2) is 0 Å². The van der Waals surface area contributed by atoms with Crippen molar-refractivity contribution in [1.29, 1.82) is 0 Å². The van der Waals surface area contributed by atoms with Crippen molar-refractivity contribution >= 4 is 11.8 Å². The van der Waals surface area contributed by atoms with Crippen LogP contribution in [0.15, 0.2) is 0 Å². The van der Waals surface area contributed by atoms with E-state index in [-0.39, 0.29) is 0 Å². The zero-order valence-corrected chi connectivity index (χ0v) is 11.8. The van der Waals surface area contributed by atoms with Gasteiger partial charge in [-0.1, -0.05) is 19.3 Å². The van der Waals surface area contributed by atoms with Gasteiger partial charge >= 0.3 is 0 Å². The number of hydrogen-bond acceptors (Lipinski definition) is 3. The summed E-state index contributed by atoms with van der Waals surface area (Å²) in [6.07, 6.45) is 11.2. The van der Waals surface area contributed by atoms with E-state index in [4.69, 9.17) is 4.74 Å². The maximum absolute atomic E-state index is 5.93. The van der Waals surface area contributed by atoms with E-state index in [0.29, 0.717) is 6.10 Å². The van der Waals surface area contributed by atoms with Crippen LogP contribution in [0.5, 0.6) is 0 Å². The fourth-order valence-corrected chi connectivity index (χ4v) is 3.87. The molecule has 17 heavy (non-hydrogen) atoms. The lowest BCUT2D eigenvalue weighted by atomic mass is 9.98. The normalized spacial score (nSPS) is 24.0. The standard InChI is InChI=1S/C14H27NOS/c1-2-5-14(6-3-1)16-10-4-9-15-13-7-11-17-12-8-13/h13-15H,1-12H2. The summed E-state index contributed by atoms with van der Waals surface area (Å²) in [4.78, 5) is 0. The second-order valence-electron chi connectivity index (χ2n) is 5.33. The lowest BCUT2D eigenvalue weighted by Gasteiger charge is -2.24. The molecule has 0 radical (unpaired) electrons. The molecule has 0 unspecified atom stereocenters. The van der Waals surface area contributed by atoms with Crippen molar-refractivity contribution in [2.24, 2.45) is 0 Å². The zero-order valence-electron chi connectivity index (χ0n) is 11.0. The minimum Gasteiger partial charge on any atom is -0.378 e. The molecule has 0 aromatic carbocycles. The van der Waals surface area contributed by atoms with Crippen LogP contribution in [-0.2, 0) is 4.74 Å². The van der Waals surface area contributed by atoms with E-state index in [1.54, 1.807) is 0 Å². The molecule has 1 saturated heterocycles. The molecule has 2 fully saturated rings. The topological polar surface area (TPSA) is 21.3 Å². The number of hydrogen-bond donors (Lipinski definition) is 1. The van der Waals surface area contributed by atoms with Crippen LogP contribution < -0.4 is 5.32 Å². The van der Waals surface area contributed by atoms with Crippen LogP contribution in [0, 0.1) is 0 Å². The van der Waals surface area contributed by atoms with Gasteiger partial charge in [0.15, 0.2) is 0 Å². The molecule has 0 spiro atoms. The van der Waals surface area contributed by atoms with Gasteiger partial charge in [0.1, 0.15) is 0 Å². The zero-order chi connectivity index (χ0) is 11.8. The monoisotopic (exact) mass is 257 g/mol. The van der Waals surface area contributed by atoms with Gasteiger partial charge in [-0.15, -0.1) is 0 Å². The molecule has 1 heterocycles. The van der Waals surface area contributed by atoms with Gasteiger partial charge in [-0.05, 0) is 50.2 Å². The van der Waals surface area contributed by atoms with E-state index in [1.807, 2.05) is 0 Å². The summed E-state index contributed by atoms with van der Waals surface area (Å²) in [7, 11) is 0. The molecule has 2 rings (SSSR count). The Morgan fingerprint density at radius 3 is 2.53 bits per heavy atom. The Balaban J connectivity index is 1.42. The highest BCUT2D eigenvalue weighted by atomic mass is 32.2. The summed E-state index contributed by atoms with van der Waals surface area (Å²) in [6, 6.07) is 0.783. The second kappa shape index (κ2) is 8.39. The fourth-order valence-electron chi connectivity index (χ4n) is 2.76. The van der Waals surface area contributed by atoms with E-state index in [2.05, 4.69) is 17.1 Å². The highest BCUT2D eigenvalue weighted by Crippen LogP contribution is 2.20. The summed E-state index contributed by atoms with van der Waals surface area (Å²) in [5.74, 6) is 2.69. The van der Waals surface area contributed by atoms with Crippen molar-refractivity contribution < 1.29 is 4.74 Å². The van der Waals surface area contributed by atoms with Gasteiger partial charge in [-0.2, -0.15) is 11.8 Å². The Morgan fingerprint density at radius 1 is 1.00 bits per heavy atom. The van der Waals surface area contributed by atoms with Gasteiger partial charge in [0.05, 0.1) is 6.10 Å². The summed E-state index contributed by atoms with van der Waals surface area (Å²) in [5, 5.41) is 3.67. The van der Waals surface area contributed by atoms with Crippen LogP contribution in [0.2, 0.25) is 0 Å². The average Bonchev–Trinajstić information content (AvgIpc) is 2.41. The van der Waals surface area contributed by atoms with Crippen molar-refractivity contribution in [3.63, 3.8) is 0 Å². The van der Waals surface area contributed by atoms with Gasteiger partial charge in [0.25, 0.3) is 0 Å². The van der Waals surface area contributed by atoms with Crippen LogP contribution in [0.1, 0.15) is 51.4 Å². The van der Waals surface area contributed by atoms with E-state index in [9.17, 15) is 0 Å². The lowest BCUT2D eigenvalue weighted by molar-refractivity contribution is 0.0271. The summed E-state index contributed by atoms with van der Waals surface area (Å²) in [6.45, 7) is 2.10. The first-order valence-corrected chi connectivity index (χ1v) is 8.53. The molecule has 0 bridgehead atoms. The Labute approximate surface area is 110 Å². The van der Waals surface area contributed by atoms with E-state index in [1.165, 1.54) is 62.9 Å². The highest BCUT2D eigenvalue weighted by molar-refractivity contribution is 7.99. The highest BCUT2D eigenvalue weighted by Gasteiger charge is 2.14. The Morgan fingerprint density at radius 2 is 1.76 bits per heavy atom. The molecule has 1 N–H and O–H groups in total. The first-order valence-electron chi connectivity index (χ1n) is 7.38. The maximum Gasteiger partial charge on any atom is 0.0575 e. The molecule has 0 aromatic heterocycles. The molecular formula is C14H27NOS. The van der Waals surface area contributed by atoms with E-state index >= 15 is 0 Å². The van der Waals surface area contributed by atoms with Crippen LogP contribution in [0.4, 0.5) is 0 Å². The molecule has 1 saturated carbocycles. The molecule has 0 aromatic rings. The molecule has 1 aliphatic carbocycles. The third kappa shape index (κ3) is 5.62. The van der Waals surface area contributed by atoms with Crippen molar-refractivity contribution in [3.8, 4) is 0 Å². The quantitative estimate of drug-likeness (QED) is 0.738. The first kappa shape index (κ1) is 13.7. The minimum absolute atomic E-state index is 0.579. The van der Waals surface area contributed by atoms with Crippen LogP contribution >= 0.6 is 11.8 Å². The smallest absolute Gasteiger partial charge is 0.0575 e. The van der Waals surface area contributed by atoms with Crippen molar-refractivity contribution in [1.82, 2.24) is 5.32 Å². The predicted molar refractivity (Wildman–Crippen MR) is 75.8 cm³/mol. The van der Waals surface area contributed by atoms with Crippen LogP contribution in [-0.4, -0.2) is 36.8 Å². The fraction of sp³-hybridized carbons (Fsp3) is 1.00. The molecule has 0 atom stereocenters. The molecule has 0 amide bonds. The van der Waals surface area contributed by atoms with Gasteiger partial charge in [0, 0.05) is 12.6 Å². The van der Waals surface area contributed by atoms with Gasteiger partial charge < -0.3 is 10.1 Å². The summed E-state index contributed by atoms with van der Waals surface area (Å²) < 4.78 is 5.93. The number of nitrogens with one attached hydrogen (secondary N) is 1. The van der Waals surface area contributed by atoms with Gasteiger partial charge in [-0.3, -0.25) is 0 Å². The first-order chi connectivity index (χ1) is 8.45. The number of ether oxygens (including phenoxy) is 1. The largest absolute Gasteiger partial charge is 0.378 e. The molecule has 100 valence electrons. The molecule has 2 nitrogen and oxygen atoms in total. The van der Waals surface area contributed by atoms with Crippen LogP contribution in [0.25, 0.3) is 0 Å². The molecule has 1 aliphatic heterocycles. The summed E-state index contributed by atoms with van der Waals surface area (Å²) >= 11 is 2.10. The Bertz CT molecular complexity index is 169. The van der Waals surface area contributed by atoms with Crippen LogP contribution in [0.3, 0.4) is 0 Å². The van der Waals surface area contributed by atoms with Crippen molar-refractivity contribution in [2.75, 3.05) is 24.7 Å². The second-order valence-corrected chi connectivity index (χ2v) is 6.55. The predicted octanol–water partition coefficient (Wildman–Crippen LogP) is 3.21. The minimum atomic E-state index is 0.579. The maximum atomic E-state index is 5.93. The summed E-state index contributed by atoms with van der Waals surface area (Å²) in [5.41, 5.74) is 0. The van der Waals surface area contributed by atoms with Gasteiger partial charge in [0.2, 0.25) is 0 Å². The molecule has 3 heteroatoms. The third-order valence-electron chi connectivity index (χ3n) is 3.88. The average molecular weight is 257 g/mol. The van der Waals surface area contributed by atoms with Crippen molar-refractivity contribution in [3.05, 3.63) is 0 Å². The van der Waals surface area contributed by atoms with Crippen molar-refractivity contribution in [2.45, 2.75) is 63.5 Å². The molecular weight excluding hydrogens is 230 g/mol. The third-order valence-corrected chi connectivity index (χ3v) is 4.93. The molecule has 2 aliphatic rings. The Hall–Kier alpha value is 0.270. The van der Waals surface area contributed by atoms with E-state index < -0.39 is 0 Å². The SMILES string of the molecule is C1CCC(OCCCNC2CCSCC2)CC1. The lowest BCUT2D eigenvalue weighted by Crippen LogP contribution is -2.33. The number of thioether (sulfide) groups is 1. The number of rotatable bonds is 6. The Kier molecular flexibility index (Phi) is 6.76.